The molecule has 2 aromatic rings. The van der Waals surface area contributed by atoms with Crippen LogP contribution in [0.25, 0.3) is 0 Å². The molecular formula is C17H22N4. The molecule has 4 heteroatoms. The van der Waals surface area contributed by atoms with Crippen LogP contribution in [0.15, 0.2) is 42.6 Å². The quantitative estimate of drug-likeness (QED) is 0.935. The molecule has 3 rings (SSSR count). The highest BCUT2D eigenvalue weighted by atomic mass is 15.3. The van der Waals surface area contributed by atoms with Crippen molar-refractivity contribution in [3.05, 3.63) is 53.7 Å². The van der Waals surface area contributed by atoms with Crippen LogP contribution in [0.3, 0.4) is 0 Å². The van der Waals surface area contributed by atoms with E-state index in [4.69, 9.17) is 5.73 Å². The molecule has 110 valence electrons. The molecule has 21 heavy (non-hydrogen) atoms. The number of nitrogens with zero attached hydrogens (tertiary/aromatic N) is 3. The summed E-state index contributed by atoms with van der Waals surface area (Å²) in [7, 11) is 0. The Morgan fingerprint density at radius 2 is 1.86 bits per heavy atom. The molecular weight excluding hydrogens is 260 g/mol. The zero-order valence-electron chi connectivity index (χ0n) is 12.3. The van der Waals surface area contributed by atoms with E-state index in [1.807, 2.05) is 6.07 Å². The number of hydrogen-bond acceptors (Lipinski definition) is 4. The number of hydrogen-bond donors (Lipinski definition) is 1. The molecule has 0 spiro atoms. The van der Waals surface area contributed by atoms with Crippen molar-refractivity contribution in [2.45, 2.75) is 25.8 Å². The zero-order valence-corrected chi connectivity index (χ0v) is 12.3. The van der Waals surface area contributed by atoms with E-state index in [-0.39, 0.29) is 0 Å². The molecule has 0 aliphatic carbocycles. The molecule has 4 nitrogen and oxygen atoms in total. The normalized spacial score (nSPS) is 16.1. The zero-order chi connectivity index (χ0) is 14.5. The fourth-order valence-electron chi connectivity index (χ4n) is 3.07. The average Bonchev–Trinajstić information content (AvgIpc) is 2.56. The van der Waals surface area contributed by atoms with Gasteiger partial charge in [0.1, 0.15) is 0 Å². The van der Waals surface area contributed by atoms with Crippen LogP contribution < -0.4 is 10.6 Å². The van der Waals surface area contributed by atoms with Crippen molar-refractivity contribution in [1.29, 1.82) is 0 Å². The van der Waals surface area contributed by atoms with E-state index in [0.29, 0.717) is 6.54 Å². The van der Waals surface area contributed by atoms with Crippen molar-refractivity contribution in [1.82, 2.24) is 10.2 Å². The molecule has 0 radical (unpaired) electrons. The van der Waals surface area contributed by atoms with Crippen LogP contribution in [0.1, 0.15) is 24.0 Å². The third kappa shape index (κ3) is 3.39. The van der Waals surface area contributed by atoms with Gasteiger partial charge in [0.2, 0.25) is 0 Å². The Morgan fingerprint density at radius 1 is 1.10 bits per heavy atom. The maximum Gasteiger partial charge on any atom is 0.155 e. The van der Waals surface area contributed by atoms with Gasteiger partial charge in [0, 0.05) is 25.2 Å². The number of piperidine rings is 1. The predicted octanol–water partition coefficient (Wildman–Crippen LogP) is 2.39. The summed E-state index contributed by atoms with van der Waals surface area (Å²) in [5.41, 5.74) is 8.32. The third-order valence-corrected chi connectivity index (χ3v) is 4.28. The van der Waals surface area contributed by atoms with Crippen LogP contribution in [-0.4, -0.2) is 23.3 Å². The molecule has 2 heterocycles. The van der Waals surface area contributed by atoms with Crippen LogP contribution in [-0.2, 0) is 13.0 Å². The molecule has 0 saturated carbocycles. The van der Waals surface area contributed by atoms with Crippen LogP contribution in [0.4, 0.5) is 5.82 Å². The first-order valence-electron chi connectivity index (χ1n) is 7.66. The summed E-state index contributed by atoms with van der Waals surface area (Å²) in [6.45, 7) is 2.61. The minimum atomic E-state index is 0.523. The van der Waals surface area contributed by atoms with Gasteiger partial charge in [-0.3, -0.25) is 0 Å². The SMILES string of the molecule is NCc1ccnnc1N1CCC(Cc2ccccc2)CC1. The second-order valence-corrected chi connectivity index (χ2v) is 5.70. The van der Waals surface area contributed by atoms with Gasteiger partial charge < -0.3 is 10.6 Å². The Hall–Kier alpha value is -1.94. The molecule has 0 bridgehead atoms. The van der Waals surface area contributed by atoms with E-state index in [1.54, 1.807) is 6.20 Å². The van der Waals surface area contributed by atoms with E-state index in [2.05, 4.69) is 45.4 Å². The summed E-state index contributed by atoms with van der Waals surface area (Å²) < 4.78 is 0. The topological polar surface area (TPSA) is 55.0 Å². The summed E-state index contributed by atoms with van der Waals surface area (Å²) in [4.78, 5) is 2.33. The van der Waals surface area contributed by atoms with Gasteiger partial charge in [-0.05, 0) is 36.8 Å². The molecule has 1 saturated heterocycles. The summed E-state index contributed by atoms with van der Waals surface area (Å²) in [5, 5.41) is 8.29. The van der Waals surface area contributed by atoms with Crippen molar-refractivity contribution in [3.8, 4) is 0 Å². The highest BCUT2D eigenvalue weighted by molar-refractivity contribution is 5.45. The highest BCUT2D eigenvalue weighted by Gasteiger charge is 2.22. The molecule has 0 amide bonds. The fourth-order valence-corrected chi connectivity index (χ4v) is 3.07. The van der Waals surface area contributed by atoms with Crippen molar-refractivity contribution in [3.63, 3.8) is 0 Å². The molecule has 0 atom stereocenters. The first-order chi connectivity index (χ1) is 10.4. The smallest absolute Gasteiger partial charge is 0.155 e. The summed E-state index contributed by atoms with van der Waals surface area (Å²) in [6.07, 6.45) is 5.30. The first kappa shape index (κ1) is 14.0. The van der Waals surface area contributed by atoms with Crippen LogP contribution >= 0.6 is 0 Å². The lowest BCUT2D eigenvalue weighted by atomic mass is 9.90. The Kier molecular flexibility index (Phi) is 4.46. The lowest BCUT2D eigenvalue weighted by molar-refractivity contribution is 0.401. The number of anilines is 1. The number of benzene rings is 1. The third-order valence-electron chi connectivity index (χ3n) is 4.28. The number of rotatable bonds is 4. The van der Waals surface area contributed by atoms with Gasteiger partial charge >= 0.3 is 0 Å². The highest BCUT2D eigenvalue weighted by Crippen LogP contribution is 2.26. The van der Waals surface area contributed by atoms with Gasteiger partial charge in [-0.15, -0.1) is 5.10 Å². The van der Waals surface area contributed by atoms with Crippen molar-refractivity contribution in [2.24, 2.45) is 11.7 Å². The van der Waals surface area contributed by atoms with Crippen LogP contribution in [0, 0.1) is 5.92 Å². The first-order valence-corrected chi connectivity index (χ1v) is 7.66. The maximum absolute atomic E-state index is 5.79. The Labute approximate surface area is 126 Å². The van der Waals surface area contributed by atoms with Gasteiger partial charge in [-0.1, -0.05) is 30.3 Å². The Bertz CT molecular complexity index is 562. The fraction of sp³-hybridized carbons (Fsp3) is 0.412. The second kappa shape index (κ2) is 6.68. The second-order valence-electron chi connectivity index (χ2n) is 5.70. The van der Waals surface area contributed by atoms with Gasteiger partial charge in [0.25, 0.3) is 0 Å². The van der Waals surface area contributed by atoms with E-state index < -0.39 is 0 Å². The van der Waals surface area contributed by atoms with E-state index in [0.717, 1.165) is 30.4 Å². The summed E-state index contributed by atoms with van der Waals surface area (Å²) in [6, 6.07) is 12.7. The monoisotopic (exact) mass is 282 g/mol. The van der Waals surface area contributed by atoms with Gasteiger partial charge in [-0.2, -0.15) is 5.10 Å². The summed E-state index contributed by atoms with van der Waals surface area (Å²) in [5.74, 6) is 1.74. The molecule has 1 aromatic carbocycles. The maximum atomic E-state index is 5.79. The summed E-state index contributed by atoms with van der Waals surface area (Å²) >= 11 is 0. The lowest BCUT2D eigenvalue weighted by Gasteiger charge is -2.33. The molecule has 2 N–H and O–H groups in total. The molecule has 1 aliphatic heterocycles. The van der Waals surface area contributed by atoms with E-state index in [1.165, 1.54) is 24.8 Å². The van der Waals surface area contributed by atoms with Crippen molar-refractivity contribution >= 4 is 5.82 Å². The van der Waals surface area contributed by atoms with Crippen LogP contribution in [0.5, 0.6) is 0 Å². The van der Waals surface area contributed by atoms with Crippen molar-refractivity contribution in [2.75, 3.05) is 18.0 Å². The van der Waals surface area contributed by atoms with Gasteiger partial charge in [0.15, 0.2) is 5.82 Å². The average molecular weight is 282 g/mol. The van der Waals surface area contributed by atoms with Gasteiger partial charge in [-0.25, -0.2) is 0 Å². The minimum Gasteiger partial charge on any atom is -0.355 e. The van der Waals surface area contributed by atoms with Gasteiger partial charge in [0.05, 0.1) is 6.20 Å². The standard InChI is InChI=1S/C17H22N4/c18-13-16-6-9-19-20-17(16)21-10-7-15(8-11-21)12-14-4-2-1-3-5-14/h1-6,9,15H,7-8,10-13,18H2. The number of nitrogens with two attached hydrogens (primary N) is 1. The number of aromatic nitrogens is 2. The Balaban J connectivity index is 1.60. The largest absolute Gasteiger partial charge is 0.355 e. The van der Waals surface area contributed by atoms with E-state index >= 15 is 0 Å². The molecule has 1 aliphatic rings. The minimum absolute atomic E-state index is 0.523. The lowest BCUT2D eigenvalue weighted by Crippen LogP contribution is -2.35. The molecule has 1 fully saturated rings. The predicted molar refractivity (Wildman–Crippen MR) is 85.0 cm³/mol. The molecule has 0 unspecified atom stereocenters. The Morgan fingerprint density at radius 3 is 2.57 bits per heavy atom. The molecule has 1 aromatic heterocycles. The van der Waals surface area contributed by atoms with E-state index in [9.17, 15) is 0 Å². The van der Waals surface area contributed by atoms with Crippen molar-refractivity contribution < 1.29 is 0 Å². The van der Waals surface area contributed by atoms with Crippen LogP contribution in [0.2, 0.25) is 0 Å².